The Kier molecular flexibility index (Phi) is 6.17. The molecule has 0 aromatic heterocycles. The van der Waals surface area contributed by atoms with E-state index in [9.17, 15) is 4.79 Å². The predicted octanol–water partition coefficient (Wildman–Crippen LogP) is 3.97. The fourth-order valence-electron chi connectivity index (χ4n) is 3.61. The minimum atomic E-state index is 0.0372. The second-order valence-electron chi connectivity index (χ2n) is 6.84. The molecule has 3 rings (SSSR count). The van der Waals surface area contributed by atoms with Crippen LogP contribution < -0.4 is 10.1 Å². The highest BCUT2D eigenvalue weighted by atomic mass is 35.5. The Labute approximate surface area is 160 Å². The van der Waals surface area contributed by atoms with Gasteiger partial charge in [0.2, 0.25) is 5.91 Å². The molecule has 2 aromatic carbocycles. The molecule has 26 heavy (non-hydrogen) atoms. The Hall–Kier alpha value is -2.04. The molecule has 0 bridgehead atoms. The zero-order chi connectivity index (χ0) is 18.5. The van der Waals surface area contributed by atoms with Crippen molar-refractivity contribution in [2.45, 2.75) is 31.8 Å². The molecule has 4 nitrogen and oxygen atoms in total. The highest BCUT2D eigenvalue weighted by Crippen LogP contribution is 2.29. The van der Waals surface area contributed by atoms with Crippen molar-refractivity contribution >= 4 is 17.5 Å². The van der Waals surface area contributed by atoms with Gasteiger partial charge in [0.1, 0.15) is 5.75 Å². The van der Waals surface area contributed by atoms with E-state index < -0.39 is 0 Å². The van der Waals surface area contributed by atoms with Crippen LogP contribution in [0.3, 0.4) is 0 Å². The van der Waals surface area contributed by atoms with Crippen molar-refractivity contribution in [2.24, 2.45) is 0 Å². The van der Waals surface area contributed by atoms with Crippen molar-refractivity contribution in [1.29, 1.82) is 0 Å². The smallest absolute Gasteiger partial charge is 0.234 e. The third-order valence-corrected chi connectivity index (χ3v) is 5.04. The van der Waals surface area contributed by atoms with Crippen molar-refractivity contribution in [3.05, 3.63) is 64.2 Å². The highest BCUT2D eigenvalue weighted by Gasteiger charge is 2.21. The van der Waals surface area contributed by atoms with E-state index in [0.717, 1.165) is 30.6 Å². The maximum absolute atomic E-state index is 12.5. The number of amides is 1. The standard InChI is InChI=1S/C21H25ClN2O2/c1-24(13-16-12-17(22)10-11-20(16)26-2)14-21(25)23-19-9-5-7-15-6-3-4-8-18(15)19/h3-4,6,8,10-12,19H,5,7,9,13-14H2,1-2H3,(H,23,25)/t19-/m0/s1. The van der Waals surface area contributed by atoms with Crippen molar-refractivity contribution in [3.8, 4) is 5.75 Å². The average molecular weight is 373 g/mol. The number of benzene rings is 2. The number of hydrogen-bond donors (Lipinski definition) is 1. The fraction of sp³-hybridized carbons (Fsp3) is 0.381. The summed E-state index contributed by atoms with van der Waals surface area (Å²) in [4.78, 5) is 14.5. The summed E-state index contributed by atoms with van der Waals surface area (Å²) in [5, 5.41) is 3.86. The third kappa shape index (κ3) is 4.57. The van der Waals surface area contributed by atoms with Gasteiger partial charge in [0.25, 0.3) is 0 Å². The Bertz CT molecular complexity index is 778. The Morgan fingerprint density at radius 2 is 2.12 bits per heavy atom. The second-order valence-corrected chi connectivity index (χ2v) is 7.28. The summed E-state index contributed by atoms with van der Waals surface area (Å²) in [7, 11) is 3.56. The minimum absolute atomic E-state index is 0.0372. The number of fused-ring (bicyclic) bond motifs is 1. The number of halogens is 1. The lowest BCUT2D eigenvalue weighted by molar-refractivity contribution is -0.122. The van der Waals surface area contributed by atoms with Crippen LogP contribution in [0.5, 0.6) is 5.75 Å². The minimum Gasteiger partial charge on any atom is -0.496 e. The van der Waals surface area contributed by atoms with Crippen LogP contribution in [0.15, 0.2) is 42.5 Å². The SMILES string of the molecule is COc1ccc(Cl)cc1CN(C)CC(=O)N[C@H]1CCCc2ccccc21. The molecule has 0 fully saturated rings. The van der Waals surface area contributed by atoms with Gasteiger partial charge in [0.05, 0.1) is 19.7 Å². The van der Waals surface area contributed by atoms with E-state index in [1.54, 1.807) is 13.2 Å². The molecule has 0 radical (unpaired) electrons. The first-order valence-corrected chi connectivity index (χ1v) is 9.32. The number of carbonyl (C=O) groups excluding carboxylic acids is 1. The number of likely N-dealkylation sites (N-methyl/N-ethyl adjacent to an activating group) is 1. The zero-order valence-electron chi connectivity index (χ0n) is 15.3. The summed E-state index contributed by atoms with van der Waals surface area (Å²) in [6, 6.07) is 14.0. The fourth-order valence-corrected chi connectivity index (χ4v) is 3.80. The largest absolute Gasteiger partial charge is 0.496 e. The predicted molar refractivity (Wildman–Crippen MR) is 105 cm³/mol. The van der Waals surface area contributed by atoms with Crippen LogP contribution in [0.1, 0.15) is 35.6 Å². The van der Waals surface area contributed by atoms with Crippen LogP contribution in [-0.2, 0) is 17.8 Å². The van der Waals surface area contributed by atoms with E-state index in [1.165, 1.54) is 11.1 Å². The Balaban J connectivity index is 1.60. The van der Waals surface area contributed by atoms with Crippen LogP contribution in [0, 0.1) is 0 Å². The molecule has 1 aliphatic rings. The van der Waals surface area contributed by atoms with Gasteiger partial charge in [0.15, 0.2) is 0 Å². The molecule has 0 unspecified atom stereocenters. The molecule has 138 valence electrons. The third-order valence-electron chi connectivity index (χ3n) is 4.80. The van der Waals surface area contributed by atoms with Crippen molar-refractivity contribution in [2.75, 3.05) is 20.7 Å². The van der Waals surface area contributed by atoms with Crippen LogP contribution in [-0.4, -0.2) is 31.5 Å². The van der Waals surface area contributed by atoms with Crippen LogP contribution in [0.4, 0.5) is 0 Å². The quantitative estimate of drug-likeness (QED) is 0.834. The van der Waals surface area contributed by atoms with Crippen LogP contribution in [0.2, 0.25) is 5.02 Å². The lowest BCUT2D eigenvalue weighted by atomic mass is 9.88. The van der Waals surface area contributed by atoms with E-state index in [-0.39, 0.29) is 11.9 Å². The lowest BCUT2D eigenvalue weighted by Crippen LogP contribution is -2.38. The average Bonchev–Trinajstić information content (AvgIpc) is 2.62. The maximum Gasteiger partial charge on any atom is 0.234 e. The summed E-state index contributed by atoms with van der Waals surface area (Å²) in [6.07, 6.45) is 3.20. The lowest BCUT2D eigenvalue weighted by Gasteiger charge is -2.27. The molecule has 2 aromatic rings. The number of nitrogens with one attached hydrogen (secondary N) is 1. The van der Waals surface area contributed by atoms with E-state index in [2.05, 4.69) is 23.5 Å². The number of carbonyl (C=O) groups is 1. The number of aryl methyl sites for hydroxylation is 1. The van der Waals surface area contributed by atoms with E-state index >= 15 is 0 Å². The number of ether oxygens (including phenoxy) is 1. The van der Waals surface area contributed by atoms with E-state index in [1.807, 2.05) is 30.1 Å². The van der Waals surface area contributed by atoms with Gasteiger partial charge in [-0.1, -0.05) is 35.9 Å². The van der Waals surface area contributed by atoms with E-state index in [4.69, 9.17) is 16.3 Å². The van der Waals surface area contributed by atoms with Crippen molar-refractivity contribution in [1.82, 2.24) is 10.2 Å². The topological polar surface area (TPSA) is 41.6 Å². The summed E-state index contributed by atoms with van der Waals surface area (Å²) in [5.74, 6) is 0.818. The van der Waals surface area contributed by atoms with Gasteiger partial charge >= 0.3 is 0 Å². The molecule has 1 N–H and O–H groups in total. The van der Waals surface area contributed by atoms with Gasteiger partial charge in [-0.2, -0.15) is 0 Å². The molecule has 0 saturated heterocycles. The number of hydrogen-bond acceptors (Lipinski definition) is 3. The van der Waals surface area contributed by atoms with Crippen molar-refractivity contribution in [3.63, 3.8) is 0 Å². The summed E-state index contributed by atoms with van der Waals surface area (Å²) in [5.41, 5.74) is 3.57. The molecule has 0 saturated carbocycles. The Morgan fingerprint density at radius 1 is 1.31 bits per heavy atom. The molecule has 0 spiro atoms. The summed E-state index contributed by atoms with van der Waals surface area (Å²) in [6.45, 7) is 0.923. The first-order chi connectivity index (χ1) is 12.6. The zero-order valence-corrected chi connectivity index (χ0v) is 16.1. The maximum atomic E-state index is 12.5. The van der Waals surface area contributed by atoms with Crippen molar-refractivity contribution < 1.29 is 9.53 Å². The molecule has 5 heteroatoms. The van der Waals surface area contributed by atoms with Gasteiger partial charge in [-0.3, -0.25) is 9.69 Å². The molecular formula is C21H25ClN2O2. The molecule has 0 aliphatic heterocycles. The summed E-state index contributed by atoms with van der Waals surface area (Å²) < 4.78 is 5.38. The Morgan fingerprint density at radius 3 is 2.92 bits per heavy atom. The molecular weight excluding hydrogens is 348 g/mol. The van der Waals surface area contributed by atoms with E-state index in [0.29, 0.717) is 18.1 Å². The van der Waals surface area contributed by atoms with Gasteiger partial charge in [-0.15, -0.1) is 0 Å². The normalized spacial score (nSPS) is 16.2. The highest BCUT2D eigenvalue weighted by molar-refractivity contribution is 6.30. The molecule has 1 amide bonds. The van der Waals surface area contributed by atoms with Gasteiger partial charge in [-0.25, -0.2) is 0 Å². The molecule has 1 aliphatic carbocycles. The van der Waals surface area contributed by atoms with Gasteiger partial charge in [0, 0.05) is 17.1 Å². The number of methoxy groups -OCH3 is 1. The van der Waals surface area contributed by atoms with Gasteiger partial charge in [-0.05, 0) is 55.6 Å². The van der Waals surface area contributed by atoms with Crippen LogP contribution in [0.25, 0.3) is 0 Å². The number of nitrogens with zero attached hydrogens (tertiary/aromatic N) is 1. The van der Waals surface area contributed by atoms with Gasteiger partial charge < -0.3 is 10.1 Å². The first kappa shape index (κ1) is 18.7. The number of rotatable bonds is 6. The second kappa shape index (κ2) is 8.56. The molecule has 0 heterocycles. The first-order valence-electron chi connectivity index (χ1n) is 8.95. The summed E-state index contributed by atoms with van der Waals surface area (Å²) >= 11 is 6.09. The molecule has 1 atom stereocenters. The monoisotopic (exact) mass is 372 g/mol. The van der Waals surface area contributed by atoms with Crippen LogP contribution >= 0.6 is 11.6 Å².